The van der Waals surface area contributed by atoms with Gasteiger partial charge in [0.15, 0.2) is 0 Å². The molecule has 5 heteroatoms. The number of hydrogen-bond acceptors (Lipinski definition) is 3. The van der Waals surface area contributed by atoms with Gasteiger partial charge in [-0.3, -0.25) is 0 Å². The number of pyridine rings is 1. The van der Waals surface area contributed by atoms with Gasteiger partial charge < -0.3 is 14.4 Å². The molecule has 272 valence electrons. The first-order valence-electron chi connectivity index (χ1n) is 19.0. The van der Waals surface area contributed by atoms with Crippen molar-refractivity contribution in [2.24, 2.45) is 0 Å². The molecule has 6 aromatic carbocycles. The van der Waals surface area contributed by atoms with E-state index in [1.807, 2.05) is 6.20 Å². The second kappa shape index (κ2) is 13.1. The fourth-order valence-electron chi connectivity index (χ4n) is 9.05. The molecule has 3 heterocycles. The summed E-state index contributed by atoms with van der Waals surface area (Å²) < 4.78 is 2.31. The Balaban J connectivity index is 0.00000397. The molecule has 8 aromatic rings. The summed E-state index contributed by atoms with van der Waals surface area (Å²) in [7, 11) is 0. The van der Waals surface area contributed by atoms with E-state index in [1.165, 1.54) is 44.6 Å². The van der Waals surface area contributed by atoms with Gasteiger partial charge in [0.05, 0.1) is 18.0 Å². The molecule has 0 fully saturated rings. The van der Waals surface area contributed by atoms with Crippen molar-refractivity contribution in [1.29, 1.82) is 0 Å². The second-order valence-electron chi connectivity index (χ2n) is 16.0. The number of fused-ring (bicyclic) bond motifs is 7. The van der Waals surface area contributed by atoms with E-state index in [-0.39, 0.29) is 26.6 Å². The predicted molar refractivity (Wildman–Crippen MR) is 223 cm³/mol. The van der Waals surface area contributed by atoms with Crippen LogP contribution in [-0.2, 0) is 26.5 Å². The van der Waals surface area contributed by atoms with Crippen molar-refractivity contribution in [3.8, 4) is 16.9 Å². The van der Waals surface area contributed by atoms with Gasteiger partial charge in [0.2, 0.25) is 0 Å². The molecule has 0 unspecified atom stereocenters. The minimum absolute atomic E-state index is 0. The zero-order chi connectivity index (χ0) is 36.8. The summed E-state index contributed by atoms with van der Waals surface area (Å²) in [6.45, 7) is 12.1. The van der Waals surface area contributed by atoms with Crippen LogP contribution in [0.15, 0.2) is 146 Å². The number of para-hydroxylation sites is 3. The van der Waals surface area contributed by atoms with Crippen LogP contribution in [0.4, 0.5) is 17.1 Å². The molecule has 1 aliphatic heterocycles. The Morgan fingerprint density at radius 1 is 0.655 bits per heavy atom. The summed E-state index contributed by atoms with van der Waals surface area (Å²) in [5.74, 6) is 1.29. The van der Waals surface area contributed by atoms with Gasteiger partial charge in [-0.25, -0.2) is 4.98 Å². The van der Waals surface area contributed by atoms with Crippen LogP contribution < -0.4 is 9.80 Å². The van der Waals surface area contributed by atoms with Crippen molar-refractivity contribution in [2.75, 3.05) is 16.5 Å². The Bertz CT molecular complexity index is 2710. The Labute approximate surface area is 338 Å². The van der Waals surface area contributed by atoms with Crippen molar-refractivity contribution in [2.45, 2.75) is 51.5 Å². The van der Waals surface area contributed by atoms with Gasteiger partial charge in [-0.2, -0.15) is 36.4 Å². The summed E-state index contributed by atoms with van der Waals surface area (Å²) in [4.78, 5) is 9.87. The van der Waals surface area contributed by atoms with Crippen molar-refractivity contribution >= 4 is 38.9 Å². The summed E-state index contributed by atoms with van der Waals surface area (Å²) in [5, 5.41) is 2.35. The van der Waals surface area contributed by atoms with Crippen LogP contribution in [-0.4, -0.2) is 21.8 Å². The van der Waals surface area contributed by atoms with Crippen LogP contribution >= 0.6 is 0 Å². The molecule has 2 aliphatic rings. The van der Waals surface area contributed by atoms with E-state index in [2.05, 4.69) is 201 Å². The quantitative estimate of drug-likeness (QED) is 0.161. The third kappa shape index (κ3) is 5.25. The topological polar surface area (TPSA) is 24.3 Å². The largest absolute Gasteiger partial charge is 2.00 e. The monoisotopic (exact) mass is 893 g/mol. The van der Waals surface area contributed by atoms with Gasteiger partial charge in [-0.05, 0) is 90.2 Å². The van der Waals surface area contributed by atoms with Crippen molar-refractivity contribution < 1.29 is 21.1 Å². The van der Waals surface area contributed by atoms with Crippen molar-refractivity contribution in [3.05, 3.63) is 186 Å². The molecule has 0 N–H and O–H groups in total. The zero-order valence-corrected chi connectivity index (χ0v) is 34.0. The number of aromatic nitrogens is 2. The van der Waals surface area contributed by atoms with Gasteiger partial charge in [0.1, 0.15) is 5.82 Å². The van der Waals surface area contributed by atoms with Crippen LogP contribution in [0.3, 0.4) is 0 Å². The van der Waals surface area contributed by atoms with Crippen molar-refractivity contribution in [1.82, 2.24) is 9.55 Å². The molecule has 4 nitrogen and oxygen atoms in total. The van der Waals surface area contributed by atoms with E-state index in [1.54, 1.807) is 0 Å². The minimum Gasteiger partial charge on any atom is -0.347 e. The van der Waals surface area contributed by atoms with Gasteiger partial charge in [0.25, 0.3) is 0 Å². The second-order valence-corrected chi connectivity index (χ2v) is 16.0. The fourth-order valence-corrected chi connectivity index (χ4v) is 9.05. The van der Waals surface area contributed by atoms with Crippen molar-refractivity contribution in [3.63, 3.8) is 0 Å². The molecule has 0 amide bonds. The van der Waals surface area contributed by atoms with Crippen LogP contribution in [0, 0.1) is 12.1 Å². The molecular weight excluding hydrogens is 852 g/mol. The maximum atomic E-state index is 4.96. The molecule has 0 saturated carbocycles. The first kappa shape index (κ1) is 35.3. The summed E-state index contributed by atoms with van der Waals surface area (Å²) in [6, 6.07) is 59.1. The maximum absolute atomic E-state index is 4.96. The number of anilines is 3. The summed E-state index contributed by atoms with van der Waals surface area (Å²) in [5.41, 5.74) is 13.4. The molecule has 10 rings (SSSR count). The molecule has 0 atom stereocenters. The Morgan fingerprint density at radius 2 is 1.31 bits per heavy atom. The van der Waals surface area contributed by atoms with Gasteiger partial charge in [-0.1, -0.05) is 104 Å². The molecule has 55 heavy (non-hydrogen) atoms. The molecule has 0 saturated heterocycles. The van der Waals surface area contributed by atoms with E-state index in [4.69, 9.17) is 4.98 Å². The first-order chi connectivity index (χ1) is 26.2. The van der Waals surface area contributed by atoms with Gasteiger partial charge in [0, 0.05) is 22.7 Å². The van der Waals surface area contributed by atoms with Gasteiger partial charge >= 0.3 is 21.1 Å². The van der Waals surface area contributed by atoms with E-state index < -0.39 is 5.41 Å². The van der Waals surface area contributed by atoms with Gasteiger partial charge in [-0.15, -0.1) is 22.6 Å². The Hall–Kier alpha value is -5.44. The number of nitrogens with zero attached hydrogens (tertiary/aromatic N) is 4. The molecule has 0 radical (unpaired) electrons. The maximum Gasteiger partial charge on any atom is 2.00 e. The van der Waals surface area contributed by atoms with Crippen LogP contribution in [0.5, 0.6) is 0 Å². The SMILES string of the molecule is CC(C)c1ccnc(-n2c3[c-]c(C4(c5[c-]c(N6CN(C(C)(C)C)c7ccccc76)ccc5)c5ccccc5-c5ccccc54)ccc3c3ccccc32)c1.[Pt+2]. The average molecular weight is 894 g/mol. The molecule has 0 spiro atoms. The molecular formula is C50H42N4Pt. The van der Waals surface area contributed by atoms with E-state index in [9.17, 15) is 0 Å². The molecule has 2 aromatic heterocycles. The third-order valence-electron chi connectivity index (χ3n) is 11.6. The first-order valence-corrected chi connectivity index (χ1v) is 19.0. The Morgan fingerprint density at radius 3 is 2.04 bits per heavy atom. The normalized spacial score (nSPS) is 14.3. The Kier molecular flexibility index (Phi) is 8.40. The van der Waals surface area contributed by atoms with Crippen LogP contribution in [0.25, 0.3) is 38.8 Å². The summed E-state index contributed by atoms with van der Waals surface area (Å²) in [6.07, 6.45) is 1.94. The minimum atomic E-state index is -0.672. The number of rotatable bonds is 5. The zero-order valence-electron chi connectivity index (χ0n) is 31.7. The van der Waals surface area contributed by atoms with Crippen LogP contribution in [0.1, 0.15) is 68.4 Å². The smallest absolute Gasteiger partial charge is 0.347 e. The molecule has 1 aliphatic carbocycles. The third-order valence-corrected chi connectivity index (χ3v) is 11.6. The van der Waals surface area contributed by atoms with E-state index >= 15 is 0 Å². The molecule has 0 bridgehead atoms. The number of benzene rings is 6. The average Bonchev–Trinajstić information content (AvgIpc) is 3.85. The summed E-state index contributed by atoms with van der Waals surface area (Å²) >= 11 is 0. The number of hydrogen-bond donors (Lipinski definition) is 0. The fraction of sp³-hybridized carbons (Fsp3) is 0.180. The van der Waals surface area contributed by atoms with E-state index in [0.717, 1.165) is 45.7 Å². The predicted octanol–water partition coefficient (Wildman–Crippen LogP) is 12.0. The van der Waals surface area contributed by atoms with E-state index in [0.29, 0.717) is 5.92 Å². The van der Waals surface area contributed by atoms with Crippen LogP contribution in [0.2, 0.25) is 0 Å². The standard InChI is InChI=1S/C50H42N4.Pt/c1-33(2)34-27-28-51-48(29-34)54-44-22-11-8-19-40(44)41-26-25-36(31-47(41)54)50(42-20-9-6-17-38(42)39-18-7-10-21-43(39)50)35-15-14-16-37(30-35)52-32-53(49(3,4)5)46-24-13-12-23-45(46)52;/h6-29,33H,32H2,1-5H3;/q-2;+2.